The second-order valence-corrected chi connectivity index (χ2v) is 5.86. The summed E-state index contributed by atoms with van der Waals surface area (Å²) in [6.45, 7) is 2.04. The topological polar surface area (TPSA) is 29.5 Å². The first-order chi connectivity index (χ1) is 7.20. The molecule has 1 unspecified atom stereocenters. The standard InChI is InChI=1S/C10H12INO2S/c1-12-5-4-8-6-10(15(13)14-11)3-2-9(8)7-12/h2-3,6H,4-5,7H2,1H3. The molecule has 3 nitrogen and oxygen atoms in total. The second kappa shape index (κ2) is 4.90. The Kier molecular flexibility index (Phi) is 3.76. The third-order valence-corrected chi connectivity index (χ3v) is 4.36. The molecule has 0 saturated carbocycles. The SMILES string of the molecule is CN1CCc2cc(S(=O)OI)ccc2C1. The molecular formula is C10H12INO2S. The predicted octanol–water partition coefficient (Wildman–Crippen LogP) is 2.06. The van der Waals surface area contributed by atoms with Gasteiger partial charge in [-0.3, -0.25) is 0 Å². The molecule has 1 aromatic carbocycles. The number of hydrogen-bond acceptors (Lipinski definition) is 3. The summed E-state index contributed by atoms with van der Waals surface area (Å²) in [5, 5.41) is 0. The number of hydrogen-bond donors (Lipinski definition) is 0. The molecule has 0 aromatic heterocycles. The van der Waals surface area contributed by atoms with Gasteiger partial charge in [-0.2, -0.15) is 0 Å². The molecule has 1 heterocycles. The zero-order valence-electron chi connectivity index (χ0n) is 8.40. The zero-order chi connectivity index (χ0) is 10.8. The van der Waals surface area contributed by atoms with Gasteiger partial charge in [-0.05, 0) is 36.7 Å². The molecule has 0 amide bonds. The van der Waals surface area contributed by atoms with Crippen LogP contribution in [0.4, 0.5) is 0 Å². The van der Waals surface area contributed by atoms with Crippen molar-refractivity contribution in [3.05, 3.63) is 29.3 Å². The lowest BCUT2D eigenvalue weighted by molar-refractivity contribution is 0.312. The summed E-state index contributed by atoms with van der Waals surface area (Å²) in [6.07, 6.45) is 1.03. The minimum absolute atomic E-state index is 0.757. The number of fused-ring (bicyclic) bond motifs is 1. The largest absolute Gasteiger partial charge is 0.302 e. The van der Waals surface area contributed by atoms with E-state index in [0.717, 1.165) is 24.4 Å². The molecule has 0 radical (unpaired) electrons. The van der Waals surface area contributed by atoms with Gasteiger partial charge in [0, 0.05) is 13.1 Å². The van der Waals surface area contributed by atoms with E-state index < -0.39 is 11.1 Å². The predicted molar refractivity (Wildman–Crippen MR) is 68.0 cm³/mol. The highest BCUT2D eigenvalue weighted by Crippen LogP contribution is 2.21. The number of likely N-dealkylation sites (N-methyl/N-ethyl adjacent to an activating group) is 1. The van der Waals surface area contributed by atoms with E-state index >= 15 is 0 Å². The van der Waals surface area contributed by atoms with Crippen LogP contribution in [0.5, 0.6) is 0 Å². The minimum atomic E-state index is -1.32. The Bertz CT molecular complexity index is 397. The van der Waals surface area contributed by atoms with Gasteiger partial charge in [-0.15, -0.1) is 0 Å². The number of nitrogens with zero attached hydrogens (tertiary/aromatic N) is 1. The van der Waals surface area contributed by atoms with Crippen molar-refractivity contribution in [3.8, 4) is 0 Å². The van der Waals surface area contributed by atoms with E-state index in [1.54, 1.807) is 23.0 Å². The highest BCUT2D eigenvalue weighted by molar-refractivity contribution is 14.1. The van der Waals surface area contributed by atoms with Gasteiger partial charge >= 0.3 is 0 Å². The van der Waals surface area contributed by atoms with E-state index in [-0.39, 0.29) is 0 Å². The van der Waals surface area contributed by atoms with Gasteiger partial charge in [0.2, 0.25) is 0 Å². The van der Waals surface area contributed by atoms with E-state index in [1.165, 1.54) is 11.1 Å². The molecule has 0 aliphatic carbocycles. The zero-order valence-corrected chi connectivity index (χ0v) is 11.4. The normalized spacial score (nSPS) is 18.5. The Morgan fingerprint density at radius 2 is 2.27 bits per heavy atom. The van der Waals surface area contributed by atoms with Crippen LogP contribution in [0.1, 0.15) is 11.1 Å². The highest BCUT2D eigenvalue weighted by atomic mass is 127. The molecule has 0 fully saturated rings. The lowest BCUT2D eigenvalue weighted by Gasteiger charge is -2.25. The fraction of sp³-hybridized carbons (Fsp3) is 0.400. The maximum Gasteiger partial charge on any atom is 0.198 e. The van der Waals surface area contributed by atoms with Crippen LogP contribution in [0.3, 0.4) is 0 Å². The highest BCUT2D eigenvalue weighted by Gasteiger charge is 2.14. The van der Waals surface area contributed by atoms with Gasteiger partial charge in [-0.1, -0.05) is 6.07 Å². The van der Waals surface area contributed by atoms with Crippen molar-refractivity contribution in [1.82, 2.24) is 4.90 Å². The summed E-state index contributed by atoms with van der Waals surface area (Å²) in [6, 6.07) is 5.93. The third-order valence-electron chi connectivity index (χ3n) is 2.63. The van der Waals surface area contributed by atoms with Crippen LogP contribution in [0.15, 0.2) is 23.1 Å². The van der Waals surface area contributed by atoms with Gasteiger partial charge in [0.15, 0.2) is 11.1 Å². The molecule has 1 atom stereocenters. The average molecular weight is 337 g/mol. The number of benzene rings is 1. The van der Waals surface area contributed by atoms with Crippen LogP contribution in [-0.2, 0) is 26.6 Å². The summed E-state index contributed by atoms with van der Waals surface area (Å²) in [4.78, 5) is 3.04. The van der Waals surface area contributed by atoms with Gasteiger partial charge in [0.1, 0.15) is 23.0 Å². The van der Waals surface area contributed by atoms with Crippen LogP contribution >= 0.6 is 23.0 Å². The number of halogens is 1. The molecule has 2 rings (SSSR count). The minimum Gasteiger partial charge on any atom is -0.302 e. The molecule has 82 valence electrons. The van der Waals surface area contributed by atoms with Crippen LogP contribution < -0.4 is 0 Å². The quantitative estimate of drug-likeness (QED) is 0.774. The summed E-state index contributed by atoms with van der Waals surface area (Å²) in [7, 11) is 2.11. The van der Waals surface area contributed by atoms with E-state index in [1.807, 2.05) is 18.2 Å². The fourth-order valence-corrected chi connectivity index (χ4v) is 2.92. The average Bonchev–Trinajstić information content (AvgIpc) is 2.27. The van der Waals surface area contributed by atoms with E-state index in [9.17, 15) is 4.21 Å². The van der Waals surface area contributed by atoms with Crippen molar-refractivity contribution < 1.29 is 6.72 Å². The van der Waals surface area contributed by atoms with Crippen molar-refractivity contribution in [2.45, 2.75) is 17.9 Å². The molecule has 15 heavy (non-hydrogen) atoms. The van der Waals surface area contributed by atoms with Gasteiger partial charge in [-0.25, -0.2) is 6.72 Å². The van der Waals surface area contributed by atoms with Crippen LogP contribution in [-0.4, -0.2) is 22.7 Å². The molecule has 5 heteroatoms. The second-order valence-electron chi connectivity index (χ2n) is 3.72. The van der Waals surface area contributed by atoms with Crippen molar-refractivity contribution in [1.29, 1.82) is 0 Å². The fourth-order valence-electron chi connectivity index (χ4n) is 1.81. The smallest absolute Gasteiger partial charge is 0.198 e. The lowest BCUT2D eigenvalue weighted by Crippen LogP contribution is -2.26. The van der Waals surface area contributed by atoms with Gasteiger partial charge < -0.3 is 4.90 Å². The van der Waals surface area contributed by atoms with Crippen molar-refractivity contribution in [2.24, 2.45) is 0 Å². The first-order valence-electron chi connectivity index (χ1n) is 4.72. The van der Waals surface area contributed by atoms with Gasteiger partial charge in [0.25, 0.3) is 0 Å². The maximum absolute atomic E-state index is 11.4. The summed E-state index contributed by atoms with van der Waals surface area (Å²) < 4.78 is 16.2. The van der Waals surface area contributed by atoms with E-state index in [2.05, 4.69) is 11.9 Å². The van der Waals surface area contributed by atoms with Crippen LogP contribution in [0.25, 0.3) is 0 Å². The maximum atomic E-state index is 11.4. The van der Waals surface area contributed by atoms with E-state index in [4.69, 9.17) is 2.51 Å². The molecule has 1 aliphatic rings. The molecule has 0 N–H and O–H groups in total. The number of rotatable bonds is 2. The Hall–Kier alpha value is 0.0200. The van der Waals surface area contributed by atoms with Crippen molar-refractivity contribution >= 4 is 34.1 Å². The first kappa shape index (κ1) is 11.5. The molecule has 0 saturated heterocycles. The van der Waals surface area contributed by atoms with Gasteiger partial charge in [0.05, 0.1) is 4.90 Å². The van der Waals surface area contributed by atoms with Crippen LogP contribution in [0, 0.1) is 0 Å². The monoisotopic (exact) mass is 337 g/mol. The summed E-state index contributed by atoms with van der Waals surface area (Å²) in [5.41, 5.74) is 2.63. The Labute approximate surface area is 106 Å². The molecule has 0 spiro atoms. The van der Waals surface area contributed by atoms with Crippen molar-refractivity contribution in [3.63, 3.8) is 0 Å². The molecule has 1 aliphatic heterocycles. The molecule has 0 bridgehead atoms. The van der Waals surface area contributed by atoms with E-state index in [0.29, 0.717) is 0 Å². The Morgan fingerprint density at radius 3 is 3.00 bits per heavy atom. The molecule has 1 aromatic rings. The lowest BCUT2D eigenvalue weighted by atomic mass is 10.0. The summed E-state index contributed by atoms with van der Waals surface area (Å²) >= 11 is 0.343. The summed E-state index contributed by atoms with van der Waals surface area (Å²) in [5.74, 6) is 0. The first-order valence-corrected chi connectivity index (χ1v) is 6.67. The third kappa shape index (κ3) is 2.58. The van der Waals surface area contributed by atoms with Crippen molar-refractivity contribution in [2.75, 3.05) is 13.6 Å². The van der Waals surface area contributed by atoms with Crippen LogP contribution in [0.2, 0.25) is 0 Å². The Morgan fingerprint density at radius 1 is 1.47 bits per heavy atom. The Balaban J connectivity index is 2.30. The molecular weight excluding hydrogens is 325 g/mol.